The summed E-state index contributed by atoms with van der Waals surface area (Å²) in [6.45, 7) is 7.65. The minimum atomic E-state index is -2.03. The highest BCUT2D eigenvalue weighted by Gasteiger charge is 2.76. The van der Waals surface area contributed by atoms with Crippen molar-refractivity contribution in [3.8, 4) is 5.88 Å². The Morgan fingerprint density at radius 1 is 1.31 bits per heavy atom. The van der Waals surface area contributed by atoms with E-state index in [0.29, 0.717) is 27.5 Å². The van der Waals surface area contributed by atoms with Gasteiger partial charge in [0.1, 0.15) is 6.10 Å². The lowest BCUT2D eigenvalue weighted by Crippen LogP contribution is -2.66. The first kappa shape index (κ1) is 23.2. The van der Waals surface area contributed by atoms with Crippen LogP contribution in [0.25, 0.3) is 11.0 Å². The summed E-state index contributed by atoms with van der Waals surface area (Å²) >= 11 is 6.07. The Hall–Kier alpha value is -2.19. The van der Waals surface area contributed by atoms with E-state index in [0.717, 1.165) is 6.42 Å². The number of nitrogens with zero attached hydrogens (tertiary/aromatic N) is 1. The van der Waals surface area contributed by atoms with Crippen LogP contribution in [0.3, 0.4) is 0 Å². The van der Waals surface area contributed by atoms with Crippen molar-refractivity contribution < 1.29 is 29.4 Å². The molecule has 186 valence electrons. The van der Waals surface area contributed by atoms with Crippen LogP contribution < -0.4 is 4.74 Å². The minimum Gasteiger partial charge on any atom is -0.464 e. The van der Waals surface area contributed by atoms with Crippen LogP contribution in [-0.4, -0.2) is 50.7 Å². The van der Waals surface area contributed by atoms with Crippen molar-refractivity contribution >= 4 is 28.4 Å². The summed E-state index contributed by atoms with van der Waals surface area (Å²) < 4.78 is 11.7. The number of fused-ring (bicyclic) bond motifs is 4. The van der Waals surface area contributed by atoms with Crippen LogP contribution in [0.2, 0.25) is 5.02 Å². The quantitative estimate of drug-likeness (QED) is 0.552. The van der Waals surface area contributed by atoms with E-state index in [9.17, 15) is 20.1 Å². The van der Waals surface area contributed by atoms with E-state index in [-0.39, 0.29) is 34.5 Å². The smallest absolute Gasteiger partial charge is 0.262 e. The molecule has 1 unspecified atom stereocenters. The number of aliphatic hydroxyl groups is 3. The van der Waals surface area contributed by atoms with Gasteiger partial charge in [0, 0.05) is 17.0 Å². The maximum Gasteiger partial charge on any atom is 0.262 e. The van der Waals surface area contributed by atoms with Crippen molar-refractivity contribution in [3.63, 3.8) is 0 Å². The molecule has 8 atom stereocenters. The number of halogens is 1. The van der Waals surface area contributed by atoms with Gasteiger partial charge in [-0.2, -0.15) is 0 Å². The second-order valence-corrected chi connectivity index (χ2v) is 11.9. The number of carbonyl (C=O) groups is 1. The predicted molar refractivity (Wildman–Crippen MR) is 129 cm³/mol. The number of aliphatic hydroxyl groups excluding tert-OH is 2. The predicted octanol–water partition coefficient (Wildman–Crippen LogP) is 3.70. The van der Waals surface area contributed by atoms with Gasteiger partial charge in [-0.05, 0) is 64.9 Å². The van der Waals surface area contributed by atoms with Crippen LogP contribution in [0, 0.1) is 34.5 Å². The number of ketones is 1. The molecule has 0 radical (unpaired) electrons. The SMILES string of the molecule is CC1=CC23C(=O)[C@@H](C=C(CO)[C@@H](O)[C@]2(O)[C@H]1Oc1noc2cc(Cl)ccc12)[C@H]1[C@@H](C[C@H]3C)C1(C)C. The van der Waals surface area contributed by atoms with Crippen LogP contribution in [0.15, 0.2) is 46.0 Å². The topological polar surface area (TPSA) is 113 Å². The lowest BCUT2D eigenvalue weighted by Gasteiger charge is -2.48. The summed E-state index contributed by atoms with van der Waals surface area (Å²) in [7, 11) is 0. The molecule has 8 heteroatoms. The standard InChI is InChI=1S/C27H30ClNO6/c1-12-10-26-13(2)7-18-20(25(18,3)4)17(22(26)32)8-14(11-30)21(31)27(26,33)23(12)34-24-16-6-5-15(28)9-19(16)35-29-24/h5-6,8-10,13,17-18,20-21,23,30-31,33H,7,11H2,1-4H3/t13-,17+,18-,20+,21-,23+,26?,27+/m1/s1. The number of aromatic nitrogens is 1. The number of allylic oxidation sites excluding steroid dienone is 1. The molecule has 0 saturated heterocycles. The molecule has 2 saturated carbocycles. The van der Waals surface area contributed by atoms with Crippen LogP contribution in [0.1, 0.15) is 34.1 Å². The van der Waals surface area contributed by atoms with Crippen molar-refractivity contribution in [2.45, 2.75) is 51.9 Å². The first-order chi connectivity index (χ1) is 16.5. The monoisotopic (exact) mass is 499 g/mol. The molecule has 3 N–H and O–H groups in total. The third-order valence-corrected chi connectivity index (χ3v) is 9.76. The molecule has 2 fully saturated rings. The maximum absolute atomic E-state index is 14.4. The van der Waals surface area contributed by atoms with Gasteiger partial charge in [-0.3, -0.25) is 4.79 Å². The van der Waals surface area contributed by atoms with Gasteiger partial charge in [-0.15, -0.1) is 0 Å². The highest BCUT2D eigenvalue weighted by atomic mass is 35.5. The zero-order valence-electron chi connectivity index (χ0n) is 20.2. The second kappa shape index (κ2) is 7.19. The van der Waals surface area contributed by atoms with Crippen LogP contribution >= 0.6 is 11.6 Å². The zero-order valence-corrected chi connectivity index (χ0v) is 20.9. The van der Waals surface area contributed by atoms with Crippen LogP contribution in [0.4, 0.5) is 0 Å². The molecular formula is C27H30ClNO6. The normalized spacial score (nSPS) is 41.4. The molecule has 35 heavy (non-hydrogen) atoms. The fourth-order valence-corrected chi connectivity index (χ4v) is 7.84. The van der Waals surface area contributed by atoms with Crippen LogP contribution in [-0.2, 0) is 4.79 Å². The van der Waals surface area contributed by atoms with E-state index in [1.165, 1.54) is 0 Å². The molecule has 6 rings (SSSR count). The molecule has 4 aliphatic rings. The maximum atomic E-state index is 14.4. The third kappa shape index (κ3) is 2.73. The largest absolute Gasteiger partial charge is 0.464 e. The van der Waals surface area contributed by atoms with Gasteiger partial charge in [0.25, 0.3) is 5.88 Å². The van der Waals surface area contributed by atoms with E-state index in [2.05, 4.69) is 19.0 Å². The van der Waals surface area contributed by atoms with Gasteiger partial charge >= 0.3 is 0 Å². The van der Waals surface area contributed by atoms with Crippen molar-refractivity contribution in [2.24, 2.45) is 34.5 Å². The number of benzene rings is 1. The molecule has 0 aliphatic heterocycles. The number of hydrogen-bond acceptors (Lipinski definition) is 7. The summed E-state index contributed by atoms with van der Waals surface area (Å²) in [6, 6.07) is 5.02. The Morgan fingerprint density at radius 2 is 2.06 bits per heavy atom. The Balaban J connectivity index is 1.51. The number of carbonyl (C=O) groups excluding carboxylic acids is 1. The van der Waals surface area contributed by atoms with E-state index >= 15 is 0 Å². The molecule has 1 heterocycles. The van der Waals surface area contributed by atoms with Gasteiger partial charge in [-0.25, -0.2) is 0 Å². The van der Waals surface area contributed by atoms with Gasteiger partial charge < -0.3 is 24.6 Å². The Bertz CT molecular complexity index is 1310. The highest BCUT2D eigenvalue weighted by Crippen LogP contribution is 2.71. The fraction of sp³-hybridized carbons (Fsp3) is 0.556. The van der Waals surface area contributed by atoms with E-state index in [4.69, 9.17) is 20.9 Å². The number of Topliss-reactive ketones (excluding diaryl/α,β-unsaturated/α-hetero) is 1. The molecule has 0 amide bonds. The molecule has 1 aromatic heterocycles. The minimum absolute atomic E-state index is 0.0190. The second-order valence-electron chi connectivity index (χ2n) is 11.5. The molecule has 1 spiro atoms. The van der Waals surface area contributed by atoms with Crippen molar-refractivity contribution in [1.82, 2.24) is 5.16 Å². The first-order valence-corrected chi connectivity index (χ1v) is 12.5. The molecule has 1 aromatic carbocycles. The highest BCUT2D eigenvalue weighted by molar-refractivity contribution is 6.31. The first-order valence-electron chi connectivity index (χ1n) is 12.2. The van der Waals surface area contributed by atoms with E-state index in [1.54, 1.807) is 31.2 Å². The van der Waals surface area contributed by atoms with Gasteiger partial charge in [0.05, 0.1) is 17.4 Å². The average molecular weight is 500 g/mol. The van der Waals surface area contributed by atoms with Crippen LogP contribution in [0.5, 0.6) is 5.88 Å². The van der Waals surface area contributed by atoms with E-state index in [1.807, 2.05) is 13.0 Å². The van der Waals surface area contributed by atoms with Gasteiger partial charge in [0.15, 0.2) is 23.1 Å². The summed E-state index contributed by atoms with van der Waals surface area (Å²) in [5.41, 5.74) is -2.12. The summed E-state index contributed by atoms with van der Waals surface area (Å²) in [4.78, 5) is 14.4. The average Bonchev–Trinajstić information content (AvgIpc) is 3.09. The molecule has 2 bridgehead atoms. The number of rotatable bonds is 3. The molecule has 4 aliphatic carbocycles. The number of hydrogen-bond donors (Lipinski definition) is 3. The Kier molecular flexibility index (Phi) is 4.77. The fourth-order valence-electron chi connectivity index (χ4n) is 7.68. The van der Waals surface area contributed by atoms with Crippen molar-refractivity contribution in [1.29, 1.82) is 0 Å². The number of ether oxygens (including phenoxy) is 1. The summed E-state index contributed by atoms with van der Waals surface area (Å²) in [6.07, 6.45) is 1.69. The third-order valence-electron chi connectivity index (χ3n) is 9.53. The molecular weight excluding hydrogens is 470 g/mol. The lowest BCUT2D eigenvalue weighted by atomic mass is 9.59. The van der Waals surface area contributed by atoms with Crippen molar-refractivity contribution in [2.75, 3.05) is 6.61 Å². The lowest BCUT2D eigenvalue weighted by molar-refractivity contribution is -0.186. The van der Waals surface area contributed by atoms with E-state index < -0.39 is 35.7 Å². The van der Waals surface area contributed by atoms with Crippen molar-refractivity contribution in [3.05, 3.63) is 46.5 Å². The summed E-state index contributed by atoms with van der Waals surface area (Å²) in [5.74, 6) is -0.305. The zero-order chi connectivity index (χ0) is 25.1. The van der Waals surface area contributed by atoms with Gasteiger partial charge in [0.2, 0.25) is 0 Å². The Morgan fingerprint density at radius 3 is 2.77 bits per heavy atom. The Labute approximate surface area is 208 Å². The molecule has 7 nitrogen and oxygen atoms in total. The van der Waals surface area contributed by atoms with Gasteiger partial charge in [-0.1, -0.05) is 44.5 Å². The summed E-state index contributed by atoms with van der Waals surface area (Å²) in [5, 5.41) is 39.5. The molecule has 2 aromatic rings.